The summed E-state index contributed by atoms with van der Waals surface area (Å²) < 4.78 is 13.8. The molecule has 1 aliphatic heterocycles. The number of amides is 1. The number of nitrogens with zero attached hydrogens (tertiary/aromatic N) is 4. The van der Waals surface area contributed by atoms with Crippen LogP contribution in [0.3, 0.4) is 0 Å². The Balaban J connectivity index is 1.24. The number of fused-ring (bicyclic) bond motifs is 3. The average Bonchev–Trinajstić information content (AvgIpc) is 3.22. The van der Waals surface area contributed by atoms with Crippen LogP contribution in [0.2, 0.25) is 0 Å². The molecule has 1 aliphatic carbocycles. The number of para-hydroxylation sites is 1. The Hall–Kier alpha value is -3.20. The third-order valence-corrected chi connectivity index (χ3v) is 7.61. The fourth-order valence-corrected chi connectivity index (χ4v) is 5.51. The van der Waals surface area contributed by atoms with E-state index in [4.69, 9.17) is 9.15 Å². The lowest BCUT2D eigenvalue weighted by Gasteiger charge is -2.19. The summed E-state index contributed by atoms with van der Waals surface area (Å²) in [5.74, 6) is 1.43. The molecule has 2 fully saturated rings. The molecule has 0 radical (unpaired) electrons. The van der Waals surface area contributed by atoms with E-state index in [1.54, 1.807) is 7.11 Å². The molecule has 6 rings (SSSR count). The van der Waals surface area contributed by atoms with Crippen molar-refractivity contribution < 1.29 is 13.9 Å². The molecular weight excluding hydrogens is 450 g/mol. The highest BCUT2D eigenvalue weighted by Crippen LogP contribution is 2.42. The van der Waals surface area contributed by atoms with Gasteiger partial charge in [-0.05, 0) is 44.7 Å². The van der Waals surface area contributed by atoms with E-state index in [1.807, 2.05) is 43.3 Å². The van der Waals surface area contributed by atoms with Crippen molar-refractivity contribution in [2.45, 2.75) is 49.1 Å². The smallest absolute Gasteiger partial charge is 0.237 e. The Bertz CT molecular complexity index is 1370. The van der Waals surface area contributed by atoms with Crippen LogP contribution in [-0.2, 0) is 4.79 Å². The minimum Gasteiger partial charge on any atom is -0.495 e. The van der Waals surface area contributed by atoms with Crippen LogP contribution in [0, 0.1) is 0 Å². The number of anilines is 2. The highest BCUT2D eigenvalue weighted by atomic mass is 32.2. The average molecular weight is 478 g/mol. The normalized spacial score (nSPS) is 16.9. The molecule has 2 aromatic heterocycles. The molecule has 1 saturated carbocycles. The Morgan fingerprint density at radius 3 is 2.71 bits per heavy atom. The summed E-state index contributed by atoms with van der Waals surface area (Å²) in [4.78, 5) is 15.5. The summed E-state index contributed by atoms with van der Waals surface area (Å²) in [5, 5.41) is 14.4. The van der Waals surface area contributed by atoms with Crippen LogP contribution in [0.25, 0.3) is 21.9 Å². The van der Waals surface area contributed by atoms with Crippen LogP contribution in [0.15, 0.2) is 46.0 Å². The summed E-state index contributed by atoms with van der Waals surface area (Å²) in [6.45, 7) is 3.94. The second-order valence-electron chi connectivity index (χ2n) is 8.97. The maximum absolute atomic E-state index is 13.2. The maximum Gasteiger partial charge on any atom is 0.237 e. The van der Waals surface area contributed by atoms with Crippen LogP contribution >= 0.6 is 11.8 Å². The fraction of sp³-hybridized carbons (Fsp3) is 0.400. The van der Waals surface area contributed by atoms with Crippen molar-refractivity contribution >= 4 is 51.2 Å². The van der Waals surface area contributed by atoms with Crippen molar-refractivity contribution in [1.82, 2.24) is 14.8 Å². The van der Waals surface area contributed by atoms with E-state index in [2.05, 4.69) is 25.0 Å². The standard InChI is InChI=1S/C25H27N5O3S/c1-15(34-25-28-27-24(29-11-5-6-12-29)30(25)16-9-10-16)23(31)26-19-14-21-18(13-22(19)32-2)17-7-3-4-8-20(17)33-21/h3-4,7-8,13-16H,5-6,9-12H2,1-2H3,(H,26,31). The van der Waals surface area contributed by atoms with E-state index in [9.17, 15) is 4.79 Å². The van der Waals surface area contributed by atoms with Crippen molar-refractivity contribution in [2.75, 3.05) is 30.4 Å². The Labute approximate surface area is 201 Å². The first-order valence-electron chi connectivity index (χ1n) is 11.8. The van der Waals surface area contributed by atoms with E-state index >= 15 is 0 Å². The predicted octanol–water partition coefficient (Wildman–Crippen LogP) is 5.24. The molecule has 1 N–H and O–H groups in total. The van der Waals surface area contributed by atoms with Crippen molar-refractivity contribution in [3.8, 4) is 5.75 Å². The molecule has 2 aliphatic rings. The maximum atomic E-state index is 13.2. The van der Waals surface area contributed by atoms with Crippen molar-refractivity contribution in [2.24, 2.45) is 0 Å². The molecule has 1 unspecified atom stereocenters. The lowest BCUT2D eigenvalue weighted by atomic mass is 10.1. The number of aromatic nitrogens is 3. The van der Waals surface area contributed by atoms with Gasteiger partial charge < -0.3 is 19.4 Å². The van der Waals surface area contributed by atoms with Crippen LogP contribution in [0.1, 0.15) is 38.6 Å². The number of nitrogens with one attached hydrogen (secondary N) is 1. The number of carbonyl (C=O) groups is 1. The molecule has 0 spiro atoms. The summed E-state index contributed by atoms with van der Waals surface area (Å²) in [7, 11) is 1.61. The second-order valence-corrected chi connectivity index (χ2v) is 10.3. The van der Waals surface area contributed by atoms with Gasteiger partial charge in [0.1, 0.15) is 16.9 Å². The van der Waals surface area contributed by atoms with Gasteiger partial charge in [-0.1, -0.05) is 30.0 Å². The van der Waals surface area contributed by atoms with Gasteiger partial charge in [-0.3, -0.25) is 9.36 Å². The number of furan rings is 1. The first-order chi connectivity index (χ1) is 16.6. The summed E-state index contributed by atoms with van der Waals surface area (Å²) in [6, 6.07) is 12.1. The van der Waals surface area contributed by atoms with E-state index in [1.165, 1.54) is 24.6 Å². The number of hydrogen-bond acceptors (Lipinski definition) is 7. The highest BCUT2D eigenvalue weighted by molar-refractivity contribution is 8.00. The number of thioether (sulfide) groups is 1. The summed E-state index contributed by atoms with van der Waals surface area (Å²) >= 11 is 1.45. The Morgan fingerprint density at radius 2 is 1.94 bits per heavy atom. The molecule has 1 atom stereocenters. The molecular formula is C25H27N5O3S. The zero-order chi connectivity index (χ0) is 23.2. The van der Waals surface area contributed by atoms with Crippen molar-refractivity contribution in [3.63, 3.8) is 0 Å². The van der Waals surface area contributed by atoms with Crippen LogP contribution < -0.4 is 15.0 Å². The molecule has 1 amide bonds. The third kappa shape index (κ3) is 3.77. The fourth-order valence-electron chi connectivity index (χ4n) is 4.60. The number of rotatable bonds is 7. The van der Waals surface area contributed by atoms with Crippen molar-refractivity contribution in [3.05, 3.63) is 36.4 Å². The Morgan fingerprint density at radius 1 is 1.15 bits per heavy atom. The molecule has 34 heavy (non-hydrogen) atoms. The molecule has 8 nitrogen and oxygen atoms in total. The molecule has 9 heteroatoms. The first-order valence-corrected chi connectivity index (χ1v) is 12.7. The van der Waals surface area contributed by atoms with Crippen LogP contribution in [-0.4, -0.2) is 46.1 Å². The van der Waals surface area contributed by atoms with Crippen molar-refractivity contribution in [1.29, 1.82) is 0 Å². The number of ether oxygens (including phenoxy) is 1. The van der Waals surface area contributed by atoms with Gasteiger partial charge in [-0.15, -0.1) is 10.2 Å². The number of methoxy groups -OCH3 is 1. The molecule has 2 aromatic carbocycles. The summed E-state index contributed by atoms with van der Waals surface area (Å²) in [5.41, 5.74) is 2.11. The molecule has 4 aromatic rings. The number of hydrogen-bond donors (Lipinski definition) is 1. The van der Waals surface area contributed by atoms with Gasteiger partial charge in [0.2, 0.25) is 11.9 Å². The largest absolute Gasteiger partial charge is 0.495 e. The molecule has 3 heterocycles. The monoisotopic (exact) mass is 477 g/mol. The van der Waals surface area contributed by atoms with E-state index in [0.29, 0.717) is 23.1 Å². The second kappa shape index (κ2) is 8.54. The van der Waals surface area contributed by atoms with Gasteiger partial charge in [-0.25, -0.2) is 0 Å². The minimum absolute atomic E-state index is 0.119. The van der Waals surface area contributed by atoms with E-state index in [-0.39, 0.29) is 11.2 Å². The lowest BCUT2D eigenvalue weighted by Crippen LogP contribution is -2.24. The summed E-state index contributed by atoms with van der Waals surface area (Å²) in [6.07, 6.45) is 4.66. The van der Waals surface area contributed by atoms with E-state index in [0.717, 1.165) is 53.4 Å². The number of carbonyl (C=O) groups excluding carboxylic acids is 1. The molecule has 1 saturated heterocycles. The number of benzene rings is 2. The Kier molecular flexibility index (Phi) is 5.36. The SMILES string of the molecule is COc1cc2c(cc1NC(=O)C(C)Sc1nnc(N3CCCC3)n1C1CC1)oc1ccccc12. The van der Waals surface area contributed by atoms with Gasteiger partial charge in [0.25, 0.3) is 0 Å². The third-order valence-electron chi connectivity index (χ3n) is 6.56. The van der Waals surface area contributed by atoms with Gasteiger partial charge in [0, 0.05) is 36.0 Å². The van der Waals surface area contributed by atoms with Gasteiger partial charge in [0.05, 0.1) is 18.0 Å². The lowest BCUT2D eigenvalue weighted by molar-refractivity contribution is -0.115. The minimum atomic E-state index is -0.357. The van der Waals surface area contributed by atoms with Gasteiger partial charge in [-0.2, -0.15) is 0 Å². The highest BCUT2D eigenvalue weighted by Gasteiger charge is 2.33. The van der Waals surface area contributed by atoms with E-state index < -0.39 is 0 Å². The van der Waals surface area contributed by atoms with Crippen LogP contribution in [0.5, 0.6) is 5.75 Å². The quantitative estimate of drug-likeness (QED) is 0.364. The van der Waals surface area contributed by atoms with Gasteiger partial charge in [0.15, 0.2) is 5.16 Å². The predicted molar refractivity (Wildman–Crippen MR) is 134 cm³/mol. The zero-order valence-corrected chi connectivity index (χ0v) is 20.1. The first kappa shape index (κ1) is 21.3. The van der Waals surface area contributed by atoms with Gasteiger partial charge >= 0.3 is 0 Å². The molecule has 0 bridgehead atoms. The molecule has 176 valence electrons. The topological polar surface area (TPSA) is 85.4 Å². The zero-order valence-electron chi connectivity index (χ0n) is 19.3. The van der Waals surface area contributed by atoms with Crippen LogP contribution in [0.4, 0.5) is 11.6 Å².